The Morgan fingerprint density at radius 2 is 1.31 bits per heavy atom. The molecule has 5 atom stereocenters. The smallest absolute Gasteiger partial charge is 0.303 e. The second-order valence-electron chi connectivity index (χ2n) is 10.4. The molecule has 4 rings (SSSR count). The Hall–Kier alpha value is -5.03. The summed E-state index contributed by atoms with van der Waals surface area (Å²) in [5.41, 5.74) is 3.46. The molecule has 0 aromatic heterocycles. The lowest BCUT2D eigenvalue weighted by Crippen LogP contribution is -2.59. The highest BCUT2D eigenvalue weighted by Gasteiger charge is 2.52. The molecule has 0 radical (unpaired) electrons. The highest BCUT2D eigenvalue weighted by atomic mass is 16.7. The van der Waals surface area contributed by atoms with E-state index >= 15 is 0 Å². The Kier molecular flexibility index (Phi) is 11.0. The topological polar surface area (TPSA) is 141 Å². The van der Waals surface area contributed by atoms with Crippen LogP contribution in [0.3, 0.4) is 0 Å². The molecule has 11 nitrogen and oxygen atoms in total. The van der Waals surface area contributed by atoms with Crippen LogP contribution in [0.2, 0.25) is 0 Å². The number of carbonyl (C=O) groups excluding carboxylic acids is 5. The SMILES string of the molecule is CC(=O)OC[C@H]1O[C@@H](c2ccc(-c3ccc(C=O)c(OCc4ccccc4)c3)cc2)[C@H](OC(C)=O)[C@@H](OC(C)=O)[C@@H]1OC(C)=O. The van der Waals surface area contributed by atoms with Crippen LogP contribution in [0.1, 0.15) is 55.3 Å². The maximum atomic E-state index is 12.2. The van der Waals surface area contributed by atoms with Gasteiger partial charge in [-0.2, -0.15) is 0 Å². The predicted molar refractivity (Wildman–Crippen MR) is 159 cm³/mol. The Morgan fingerprint density at radius 1 is 0.711 bits per heavy atom. The Labute approximate surface area is 260 Å². The van der Waals surface area contributed by atoms with Crippen LogP contribution < -0.4 is 4.74 Å². The van der Waals surface area contributed by atoms with E-state index in [1.807, 2.05) is 30.3 Å². The number of hydrogen-bond acceptors (Lipinski definition) is 11. The zero-order valence-electron chi connectivity index (χ0n) is 25.3. The van der Waals surface area contributed by atoms with Crippen molar-refractivity contribution in [1.82, 2.24) is 0 Å². The van der Waals surface area contributed by atoms with Crippen molar-refractivity contribution in [3.8, 4) is 16.9 Å². The van der Waals surface area contributed by atoms with Crippen molar-refractivity contribution >= 4 is 30.2 Å². The van der Waals surface area contributed by atoms with Crippen molar-refractivity contribution in [2.45, 2.75) is 64.8 Å². The van der Waals surface area contributed by atoms with Gasteiger partial charge in [-0.15, -0.1) is 0 Å². The van der Waals surface area contributed by atoms with E-state index in [0.29, 0.717) is 16.9 Å². The highest BCUT2D eigenvalue weighted by molar-refractivity contribution is 5.82. The fourth-order valence-electron chi connectivity index (χ4n) is 5.03. The van der Waals surface area contributed by atoms with Gasteiger partial charge in [0.05, 0.1) is 5.56 Å². The van der Waals surface area contributed by atoms with Gasteiger partial charge < -0.3 is 28.4 Å². The zero-order valence-corrected chi connectivity index (χ0v) is 25.3. The second-order valence-corrected chi connectivity index (χ2v) is 10.4. The highest BCUT2D eigenvalue weighted by Crippen LogP contribution is 2.38. The molecule has 0 saturated carbocycles. The van der Waals surface area contributed by atoms with Gasteiger partial charge in [-0.1, -0.05) is 60.7 Å². The van der Waals surface area contributed by atoms with Crippen LogP contribution in [0.5, 0.6) is 5.75 Å². The van der Waals surface area contributed by atoms with E-state index in [-0.39, 0.29) is 13.2 Å². The van der Waals surface area contributed by atoms with E-state index in [1.54, 1.807) is 42.5 Å². The quantitative estimate of drug-likeness (QED) is 0.170. The minimum atomic E-state index is -1.27. The molecule has 236 valence electrons. The molecule has 0 amide bonds. The minimum Gasteiger partial charge on any atom is -0.488 e. The molecular formula is C34H34O11. The Bertz CT molecular complexity index is 1520. The molecule has 11 heteroatoms. The lowest BCUT2D eigenvalue weighted by atomic mass is 9.89. The summed E-state index contributed by atoms with van der Waals surface area (Å²) in [6.07, 6.45) is -5.04. The number of hydrogen-bond donors (Lipinski definition) is 0. The van der Waals surface area contributed by atoms with Crippen LogP contribution in [-0.4, -0.2) is 61.2 Å². The number of esters is 4. The van der Waals surface area contributed by atoms with Gasteiger partial charge in [0.1, 0.15) is 31.2 Å². The second kappa shape index (κ2) is 15.1. The molecule has 1 fully saturated rings. The van der Waals surface area contributed by atoms with Crippen molar-refractivity contribution in [1.29, 1.82) is 0 Å². The van der Waals surface area contributed by atoms with E-state index in [1.165, 1.54) is 27.7 Å². The molecule has 3 aromatic rings. The van der Waals surface area contributed by atoms with Crippen molar-refractivity contribution in [3.05, 3.63) is 89.5 Å². The van der Waals surface area contributed by atoms with Crippen LogP contribution in [0, 0.1) is 0 Å². The summed E-state index contributed by atoms with van der Waals surface area (Å²) < 4.78 is 33.9. The molecule has 1 aliphatic heterocycles. The van der Waals surface area contributed by atoms with Crippen LogP contribution in [0.4, 0.5) is 0 Å². The van der Waals surface area contributed by atoms with Gasteiger partial charge >= 0.3 is 23.9 Å². The first-order valence-electron chi connectivity index (χ1n) is 14.2. The van der Waals surface area contributed by atoms with Gasteiger partial charge in [0, 0.05) is 27.7 Å². The van der Waals surface area contributed by atoms with Crippen LogP contribution in [0.25, 0.3) is 11.1 Å². The molecule has 1 heterocycles. The number of ether oxygens (including phenoxy) is 6. The third kappa shape index (κ3) is 8.76. The van der Waals surface area contributed by atoms with Crippen molar-refractivity contribution in [3.63, 3.8) is 0 Å². The first kappa shape index (κ1) is 32.9. The third-order valence-corrected chi connectivity index (χ3v) is 6.94. The summed E-state index contributed by atoms with van der Waals surface area (Å²) in [7, 11) is 0. The molecular weight excluding hydrogens is 584 g/mol. The number of aldehydes is 1. The summed E-state index contributed by atoms with van der Waals surface area (Å²) in [6, 6.07) is 21.9. The van der Waals surface area contributed by atoms with Crippen molar-refractivity contribution in [2.75, 3.05) is 6.61 Å². The van der Waals surface area contributed by atoms with Crippen LogP contribution in [-0.2, 0) is 49.5 Å². The van der Waals surface area contributed by atoms with Gasteiger partial charge in [0.2, 0.25) is 0 Å². The van der Waals surface area contributed by atoms with Gasteiger partial charge in [0.25, 0.3) is 0 Å². The summed E-state index contributed by atoms with van der Waals surface area (Å²) in [5, 5.41) is 0. The molecule has 1 aliphatic rings. The normalized spacial score (nSPS) is 20.8. The molecule has 0 aliphatic carbocycles. The molecule has 0 bridgehead atoms. The van der Waals surface area contributed by atoms with E-state index in [9.17, 15) is 24.0 Å². The molecule has 1 saturated heterocycles. The van der Waals surface area contributed by atoms with E-state index in [2.05, 4.69) is 0 Å². The monoisotopic (exact) mass is 618 g/mol. The maximum absolute atomic E-state index is 12.2. The van der Waals surface area contributed by atoms with Crippen molar-refractivity contribution in [2.24, 2.45) is 0 Å². The lowest BCUT2D eigenvalue weighted by Gasteiger charge is -2.44. The van der Waals surface area contributed by atoms with Crippen molar-refractivity contribution < 1.29 is 52.4 Å². The minimum absolute atomic E-state index is 0.285. The van der Waals surface area contributed by atoms with Crippen LogP contribution >= 0.6 is 0 Å². The summed E-state index contributed by atoms with van der Waals surface area (Å²) >= 11 is 0. The standard InChI is InChI=1S/C34H34O11/c1-20(36)40-19-30-32(42-21(2)37)34(44-23(4)39)33(43-22(3)38)31(45-30)26-12-10-25(11-13-26)27-14-15-28(17-35)29(16-27)41-18-24-8-6-5-7-9-24/h5-17,30-34H,18-19H2,1-4H3/t30-,31+,32-,33+,34+/m1/s1. The summed E-state index contributed by atoms with van der Waals surface area (Å²) in [4.78, 5) is 59.6. The number of carbonyl (C=O) groups is 5. The number of rotatable bonds is 11. The predicted octanol–water partition coefficient (Wildman–Crippen LogP) is 4.54. The first-order valence-corrected chi connectivity index (χ1v) is 14.2. The average molecular weight is 619 g/mol. The molecule has 0 unspecified atom stereocenters. The van der Waals surface area contributed by atoms with Crippen LogP contribution in [0.15, 0.2) is 72.8 Å². The first-order chi connectivity index (χ1) is 21.5. The molecule has 3 aromatic carbocycles. The van der Waals surface area contributed by atoms with Gasteiger partial charge in [-0.05, 0) is 34.4 Å². The summed E-state index contributed by atoms with van der Waals surface area (Å²) in [5.74, 6) is -2.26. The van der Waals surface area contributed by atoms with Gasteiger partial charge in [-0.3, -0.25) is 24.0 Å². The van der Waals surface area contributed by atoms with E-state index in [0.717, 1.165) is 23.0 Å². The van der Waals surface area contributed by atoms with Gasteiger partial charge in [0.15, 0.2) is 24.6 Å². The molecule has 0 N–H and O–H groups in total. The number of benzene rings is 3. The summed E-state index contributed by atoms with van der Waals surface area (Å²) in [6.45, 7) is 4.71. The van der Waals surface area contributed by atoms with E-state index in [4.69, 9.17) is 28.4 Å². The lowest BCUT2D eigenvalue weighted by molar-refractivity contribution is -0.254. The maximum Gasteiger partial charge on any atom is 0.303 e. The largest absolute Gasteiger partial charge is 0.488 e. The fraction of sp³-hybridized carbons (Fsp3) is 0.324. The average Bonchev–Trinajstić information content (AvgIpc) is 3.01. The van der Waals surface area contributed by atoms with E-state index < -0.39 is 54.4 Å². The molecule has 45 heavy (non-hydrogen) atoms. The Balaban J connectivity index is 1.66. The zero-order chi connectivity index (χ0) is 32.5. The van der Waals surface area contributed by atoms with Gasteiger partial charge in [-0.25, -0.2) is 0 Å². The fourth-order valence-corrected chi connectivity index (χ4v) is 5.03. The third-order valence-electron chi connectivity index (χ3n) is 6.94. The molecule has 0 spiro atoms. The Morgan fingerprint density at radius 3 is 1.91 bits per heavy atom.